The Balaban J connectivity index is 2.56. The lowest BCUT2D eigenvalue weighted by Gasteiger charge is -2.04. The van der Waals surface area contributed by atoms with Crippen molar-refractivity contribution < 1.29 is 27.6 Å². The highest BCUT2D eigenvalue weighted by atomic mass is 19.4. The molecule has 0 aliphatic rings. The van der Waals surface area contributed by atoms with Crippen molar-refractivity contribution in [3.05, 3.63) is 41.6 Å². The molecule has 1 aromatic heterocycles. The first kappa shape index (κ1) is 13.1. The van der Waals surface area contributed by atoms with E-state index in [0.29, 0.717) is 5.56 Å². The number of rotatable bonds is 3. The lowest BCUT2D eigenvalue weighted by Crippen LogP contribution is -2.12. The molecule has 1 heterocycles. The molecule has 2 rings (SSSR count). The number of halogens is 3. The zero-order valence-corrected chi connectivity index (χ0v) is 9.44. The number of hydrogen-bond acceptors (Lipinski definition) is 3. The summed E-state index contributed by atoms with van der Waals surface area (Å²) < 4.78 is 42.8. The van der Waals surface area contributed by atoms with E-state index in [1.54, 1.807) is 18.2 Å². The maximum atomic E-state index is 12.7. The Morgan fingerprint density at radius 1 is 1.26 bits per heavy atom. The fourth-order valence-corrected chi connectivity index (χ4v) is 1.66. The van der Waals surface area contributed by atoms with E-state index in [1.165, 1.54) is 12.1 Å². The zero-order valence-electron chi connectivity index (χ0n) is 9.44. The van der Waals surface area contributed by atoms with Crippen molar-refractivity contribution >= 4 is 5.97 Å². The Kier molecular flexibility index (Phi) is 3.28. The maximum absolute atomic E-state index is 12.7. The molecule has 0 saturated carbocycles. The number of carbonyl (C=O) groups is 1. The molecule has 1 aromatic carbocycles. The molecule has 0 fully saturated rings. The van der Waals surface area contributed by atoms with E-state index >= 15 is 0 Å². The van der Waals surface area contributed by atoms with E-state index in [-0.39, 0.29) is 5.76 Å². The average Bonchev–Trinajstić information content (AvgIpc) is 2.72. The highest BCUT2D eigenvalue weighted by Gasteiger charge is 2.40. The van der Waals surface area contributed by atoms with Gasteiger partial charge in [-0.15, -0.1) is 0 Å². The molecule has 0 spiro atoms. The van der Waals surface area contributed by atoms with Crippen LogP contribution in [0.4, 0.5) is 13.2 Å². The molecule has 0 bridgehead atoms. The number of aromatic nitrogens is 1. The number of benzene rings is 1. The molecule has 0 atom stereocenters. The van der Waals surface area contributed by atoms with Crippen LogP contribution in [0.25, 0.3) is 11.3 Å². The van der Waals surface area contributed by atoms with E-state index in [4.69, 9.17) is 5.11 Å². The Morgan fingerprint density at radius 2 is 1.89 bits per heavy atom. The van der Waals surface area contributed by atoms with Crippen LogP contribution in [0.2, 0.25) is 0 Å². The molecular weight excluding hydrogens is 263 g/mol. The number of alkyl halides is 3. The van der Waals surface area contributed by atoms with Gasteiger partial charge in [0.2, 0.25) is 0 Å². The molecule has 0 radical (unpaired) electrons. The van der Waals surface area contributed by atoms with Crippen LogP contribution in [0.3, 0.4) is 0 Å². The van der Waals surface area contributed by atoms with Gasteiger partial charge in [-0.25, -0.2) is 0 Å². The van der Waals surface area contributed by atoms with Crippen LogP contribution >= 0.6 is 0 Å². The second-order valence-electron chi connectivity index (χ2n) is 3.77. The van der Waals surface area contributed by atoms with Gasteiger partial charge in [0, 0.05) is 11.1 Å². The van der Waals surface area contributed by atoms with Crippen molar-refractivity contribution in [2.24, 2.45) is 0 Å². The third-order valence-electron chi connectivity index (χ3n) is 2.42. The summed E-state index contributed by atoms with van der Waals surface area (Å²) >= 11 is 0. The molecule has 0 unspecified atom stereocenters. The minimum Gasteiger partial charge on any atom is -0.481 e. The molecule has 7 heteroatoms. The molecule has 0 aliphatic heterocycles. The van der Waals surface area contributed by atoms with Crippen LogP contribution in [0.5, 0.6) is 0 Å². The number of hydrogen-bond donors (Lipinski definition) is 1. The standard InChI is InChI=1S/C12H8F3NO3/c13-12(14,15)11-8(6-9(17)18)10(19-16-11)7-4-2-1-3-5-7/h1-5H,6H2,(H,17,18). The third-order valence-corrected chi connectivity index (χ3v) is 2.42. The second kappa shape index (κ2) is 4.75. The van der Waals surface area contributed by atoms with E-state index in [2.05, 4.69) is 9.68 Å². The SMILES string of the molecule is O=C(O)Cc1c(C(F)(F)F)noc1-c1ccccc1. The van der Waals surface area contributed by atoms with Gasteiger partial charge < -0.3 is 9.63 Å². The van der Waals surface area contributed by atoms with E-state index in [9.17, 15) is 18.0 Å². The van der Waals surface area contributed by atoms with Crippen LogP contribution in [-0.2, 0) is 17.4 Å². The average molecular weight is 271 g/mol. The topological polar surface area (TPSA) is 63.3 Å². The molecule has 2 aromatic rings. The maximum Gasteiger partial charge on any atom is 0.437 e. The first-order chi connectivity index (χ1) is 8.89. The molecular formula is C12H8F3NO3. The van der Waals surface area contributed by atoms with Gasteiger partial charge in [0.15, 0.2) is 11.5 Å². The van der Waals surface area contributed by atoms with Crippen molar-refractivity contribution in [1.29, 1.82) is 0 Å². The minimum atomic E-state index is -4.75. The molecule has 1 N–H and O–H groups in total. The first-order valence-corrected chi connectivity index (χ1v) is 5.22. The van der Waals surface area contributed by atoms with Gasteiger partial charge in [-0.05, 0) is 0 Å². The molecule has 100 valence electrons. The summed E-state index contributed by atoms with van der Waals surface area (Å²) in [6.07, 6.45) is -5.55. The second-order valence-corrected chi connectivity index (χ2v) is 3.77. The monoisotopic (exact) mass is 271 g/mol. The summed E-state index contributed by atoms with van der Waals surface area (Å²) in [5, 5.41) is 11.7. The molecule has 0 aliphatic carbocycles. The van der Waals surface area contributed by atoms with Gasteiger partial charge >= 0.3 is 12.1 Å². The zero-order chi connectivity index (χ0) is 14.0. The predicted molar refractivity (Wildman–Crippen MR) is 58.3 cm³/mol. The smallest absolute Gasteiger partial charge is 0.437 e. The van der Waals surface area contributed by atoms with E-state index in [1.807, 2.05) is 0 Å². The van der Waals surface area contributed by atoms with Gasteiger partial charge in [0.05, 0.1) is 6.42 Å². The molecule has 0 saturated heterocycles. The summed E-state index contributed by atoms with van der Waals surface area (Å²) in [4.78, 5) is 10.7. The van der Waals surface area contributed by atoms with E-state index in [0.717, 1.165) is 0 Å². The predicted octanol–water partition coefficient (Wildman–Crippen LogP) is 2.99. The molecule has 19 heavy (non-hydrogen) atoms. The van der Waals surface area contributed by atoms with Crippen LogP contribution in [0.15, 0.2) is 34.9 Å². The Morgan fingerprint density at radius 3 is 2.42 bits per heavy atom. The van der Waals surface area contributed by atoms with E-state index < -0.39 is 29.8 Å². The minimum absolute atomic E-state index is 0.171. The highest BCUT2D eigenvalue weighted by molar-refractivity contribution is 5.75. The van der Waals surface area contributed by atoms with Crippen molar-refractivity contribution in [3.8, 4) is 11.3 Å². The lowest BCUT2D eigenvalue weighted by molar-refractivity contribution is -0.143. The summed E-state index contributed by atoms with van der Waals surface area (Å²) in [7, 11) is 0. The van der Waals surface area contributed by atoms with Gasteiger partial charge in [0.1, 0.15) is 0 Å². The molecule has 0 amide bonds. The van der Waals surface area contributed by atoms with Gasteiger partial charge in [0.25, 0.3) is 0 Å². The highest BCUT2D eigenvalue weighted by Crippen LogP contribution is 2.36. The van der Waals surface area contributed by atoms with Crippen molar-refractivity contribution in [2.75, 3.05) is 0 Å². The van der Waals surface area contributed by atoms with Crippen LogP contribution in [-0.4, -0.2) is 16.2 Å². The lowest BCUT2D eigenvalue weighted by atomic mass is 10.0. The molecule has 4 nitrogen and oxygen atoms in total. The quantitative estimate of drug-likeness (QED) is 0.932. The largest absolute Gasteiger partial charge is 0.481 e. The number of carboxylic acid groups (broad SMARTS) is 1. The van der Waals surface area contributed by atoms with Crippen LogP contribution in [0.1, 0.15) is 11.3 Å². The number of carboxylic acids is 1. The van der Waals surface area contributed by atoms with Crippen LogP contribution in [0, 0.1) is 0 Å². The van der Waals surface area contributed by atoms with Gasteiger partial charge in [-0.1, -0.05) is 35.5 Å². The summed E-state index contributed by atoms with van der Waals surface area (Å²) in [5.41, 5.74) is -1.42. The first-order valence-electron chi connectivity index (χ1n) is 5.22. The van der Waals surface area contributed by atoms with Crippen molar-refractivity contribution in [1.82, 2.24) is 5.16 Å². The van der Waals surface area contributed by atoms with Crippen LogP contribution < -0.4 is 0 Å². The summed E-state index contributed by atoms with van der Waals surface area (Å²) in [6.45, 7) is 0. The Hall–Kier alpha value is -2.31. The normalized spacial score (nSPS) is 11.5. The Labute approximate surface area is 105 Å². The summed E-state index contributed by atoms with van der Waals surface area (Å²) in [5.74, 6) is -1.55. The number of nitrogens with zero attached hydrogens (tertiary/aromatic N) is 1. The van der Waals surface area contributed by atoms with Crippen molar-refractivity contribution in [3.63, 3.8) is 0 Å². The van der Waals surface area contributed by atoms with Crippen molar-refractivity contribution in [2.45, 2.75) is 12.6 Å². The Bertz CT molecular complexity index is 590. The van der Waals surface area contributed by atoms with Gasteiger partial charge in [-0.3, -0.25) is 4.79 Å². The van der Waals surface area contributed by atoms with Gasteiger partial charge in [-0.2, -0.15) is 13.2 Å². The summed E-state index contributed by atoms with van der Waals surface area (Å²) in [6, 6.07) is 7.94. The number of aliphatic carboxylic acids is 1. The third kappa shape index (κ3) is 2.75. The fraction of sp³-hybridized carbons (Fsp3) is 0.167. The fourth-order valence-electron chi connectivity index (χ4n) is 1.66.